The highest BCUT2D eigenvalue weighted by molar-refractivity contribution is 5.10. The van der Waals surface area contributed by atoms with Gasteiger partial charge in [-0.05, 0) is 6.92 Å². The molecule has 6 heavy (non-hydrogen) atoms. The zero-order valence-corrected chi connectivity index (χ0v) is 3.99. The molecule has 0 saturated carbocycles. The smallest absolute Gasteiger partial charge is 0.0401 e. The van der Waals surface area contributed by atoms with Gasteiger partial charge in [0.1, 0.15) is 0 Å². The Morgan fingerprint density at radius 1 is 2.00 bits per heavy atom. The monoisotopic (exact) mass is 83.1 g/mol. The van der Waals surface area contributed by atoms with Crippen LogP contribution in [-0.2, 0) is 0 Å². The molecule has 1 rings (SSSR count). The summed E-state index contributed by atoms with van der Waals surface area (Å²) in [6.07, 6.45) is 0. The molecule has 1 fully saturated rings. The number of hydrogen-bond acceptors (Lipinski definition) is 1. The van der Waals surface area contributed by atoms with Crippen LogP contribution in [0.1, 0.15) is 6.92 Å². The quantitative estimate of drug-likeness (QED) is 0.362. The summed E-state index contributed by atoms with van der Waals surface area (Å²) in [5, 5.41) is 3.13. The van der Waals surface area contributed by atoms with Gasteiger partial charge in [-0.25, -0.2) is 0 Å². The van der Waals surface area contributed by atoms with E-state index in [2.05, 4.69) is 11.9 Å². The number of nitrogens with one attached hydrogen (secondary N) is 1. The number of rotatable bonds is 1. The van der Waals surface area contributed by atoms with Crippen molar-refractivity contribution in [2.45, 2.75) is 13.0 Å². The van der Waals surface area contributed by atoms with Crippen LogP contribution in [0, 0.1) is 0 Å². The lowest BCUT2D eigenvalue weighted by atomic mass is 10.3. The second kappa shape index (κ2) is 1.09. The summed E-state index contributed by atoms with van der Waals surface area (Å²) in [6, 6.07) is 0.657. The van der Waals surface area contributed by atoms with Crippen LogP contribution in [0.4, 0.5) is 0 Å². The standard InChI is InChI=1S/C5H9N/c1-4(2)5-3-6-5/h5-6H,1,3H2,2H3. The van der Waals surface area contributed by atoms with Crippen LogP contribution in [-0.4, -0.2) is 12.6 Å². The van der Waals surface area contributed by atoms with E-state index in [4.69, 9.17) is 0 Å². The van der Waals surface area contributed by atoms with Gasteiger partial charge in [-0.3, -0.25) is 0 Å². The highest BCUT2D eigenvalue weighted by Crippen LogP contribution is 2.05. The van der Waals surface area contributed by atoms with Gasteiger partial charge in [0.15, 0.2) is 0 Å². The molecule has 0 spiro atoms. The summed E-state index contributed by atoms with van der Waals surface area (Å²) in [5.41, 5.74) is 1.26. The van der Waals surface area contributed by atoms with Crippen LogP contribution < -0.4 is 5.32 Å². The van der Waals surface area contributed by atoms with Gasteiger partial charge >= 0.3 is 0 Å². The Hall–Kier alpha value is -0.300. The van der Waals surface area contributed by atoms with Crippen molar-refractivity contribution in [3.8, 4) is 0 Å². The van der Waals surface area contributed by atoms with Gasteiger partial charge in [0.05, 0.1) is 0 Å². The lowest BCUT2D eigenvalue weighted by molar-refractivity contribution is 1.11. The van der Waals surface area contributed by atoms with Crippen molar-refractivity contribution < 1.29 is 0 Å². The Labute approximate surface area is 38.1 Å². The molecule has 1 heteroatoms. The van der Waals surface area contributed by atoms with Crippen LogP contribution in [0.3, 0.4) is 0 Å². The van der Waals surface area contributed by atoms with Crippen molar-refractivity contribution >= 4 is 0 Å². The van der Waals surface area contributed by atoms with E-state index in [1.807, 2.05) is 6.92 Å². The van der Waals surface area contributed by atoms with Crippen molar-refractivity contribution in [3.63, 3.8) is 0 Å². The third-order valence-electron chi connectivity index (χ3n) is 1.00. The summed E-state index contributed by atoms with van der Waals surface area (Å²) in [5.74, 6) is 0. The zero-order valence-electron chi connectivity index (χ0n) is 3.99. The normalized spacial score (nSPS) is 29.8. The molecule has 1 saturated heterocycles. The molecule has 0 bridgehead atoms. The maximum Gasteiger partial charge on any atom is 0.0401 e. The average molecular weight is 83.1 g/mol. The van der Waals surface area contributed by atoms with Gasteiger partial charge in [-0.1, -0.05) is 12.2 Å². The Balaban J connectivity index is 2.31. The summed E-state index contributed by atoms with van der Waals surface area (Å²) in [4.78, 5) is 0. The fraction of sp³-hybridized carbons (Fsp3) is 0.600. The van der Waals surface area contributed by atoms with Crippen molar-refractivity contribution in [1.82, 2.24) is 5.32 Å². The van der Waals surface area contributed by atoms with Crippen LogP contribution >= 0.6 is 0 Å². The highest BCUT2D eigenvalue weighted by Gasteiger charge is 2.19. The van der Waals surface area contributed by atoms with Crippen LogP contribution in [0.2, 0.25) is 0 Å². The molecule has 1 aliphatic heterocycles. The second-order valence-corrected chi connectivity index (χ2v) is 1.81. The minimum atomic E-state index is 0.657. The molecule has 1 nitrogen and oxygen atoms in total. The Morgan fingerprint density at radius 3 is 2.50 bits per heavy atom. The Kier molecular flexibility index (Phi) is 0.701. The van der Waals surface area contributed by atoms with Gasteiger partial charge in [0.2, 0.25) is 0 Å². The molecule has 1 heterocycles. The molecule has 0 radical (unpaired) electrons. The molecule has 1 aliphatic rings. The summed E-state index contributed by atoms with van der Waals surface area (Å²) in [7, 11) is 0. The minimum Gasteiger partial charge on any atom is -0.307 e. The predicted octanol–water partition coefficient (Wildman–Crippen LogP) is 0.534. The molecule has 0 amide bonds. The molecule has 1 N–H and O–H groups in total. The van der Waals surface area contributed by atoms with E-state index in [0.29, 0.717) is 6.04 Å². The van der Waals surface area contributed by atoms with Gasteiger partial charge in [-0.2, -0.15) is 0 Å². The first kappa shape index (κ1) is 3.88. The minimum absolute atomic E-state index is 0.657. The third kappa shape index (κ3) is 0.601. The van der Waals surface area contributed by atoms with Crippen molar-refractivity contribution in [2.24, 2.45) is 0 Å². The first-order chi connectivity index (χ1) is 2.80. The van der Waals surface area contributed by atoms with Crippen LogP contribution in [0.5, 0.6) is 0 Å². The molecule has 0 aliphatic carbocycles. The molecule has 0 aromatic rings. The first-order valence-corrected chi connectivity index (χ1v) is 2.19. The molecule has 1 atom stereocenters. The zero-order chi connectivity index (χ0) is 4.57. The number of hydrogen-bond donors (Lipinski definition) is 1. The fourth-order valence-corrected chi connectivity index (χ4v) is 0.407. The SMILES string of the molecule is C=C(C)C1CN1. The Morgan fingerprint density at radius 2 is 2.50 bits per heavy atom. The molecular formula is C5H9N. The Bertz CT molecular complexity index is 72.0. The fourth-order valence-electron chi connectivity index (χ4n) is 0.407. The third-order valence-corrected chi connectivity index (χ3v) is 1.00. The lowest BCUT2D eigenvalue weighted by Gasteiger charge is -1.82. The van der Waals surface area contributed by atoms with Crippen LogP contribution in [0.25, 0.3) is 0 Å². The summed E-state index contributed by atoms with van der Waals surface area (Å²) < 4.78 is 0. The first-order valence-electron chi connectivity index (χ1n) is 2.19. The molecule has 1 unspecified atom stereocenters. The van der Waals surface area contributed by atoms with Gasteiger partial charge in [0.25, 0.3) is 0 Å². The highest BCUT2D eigenvalue weighted by atomic mass is 15.1. The molecular weight excluding hydrogens is 74.1 g/mol. The second-order valence-electron chi connectivity index (χ2n) is 1.81. The van der Waals surface area contributed by atoms with Crippen molar-refractivity contribution in [1.29, 1.82) is 0 Å². The summed E-state index contributed by atoms with van der Waals surface area (Å²) >= 11 is 0. The van der Waals surface area contributed by atoms with Gasteiger partial charge in [-0.15, -0.1) is 0 Å². The van der Waals surface area contributed by atoms with E-state index in [-0.39, 0.29) is 0 Å². The van der Waals surface area contributed by atoms with E-state index in [0.717, 1.165) is 6.54 Å². The topological polar surface area (TPSA) is 21.9 Å². The molecule has 0 aromatic carbocycles. The van der Waals surface area contributed by atoms with Gasteiger partial charge < -0.3 is 5.32 Å². The molecule has 0 aromatic heterocycles. The van der Waals surface area contributed by atoms with E-state index >= 15 is 0 Å². The van der Waals surface area contributed by atoms with E-state index < -0.39 is 0 Å². The largest absolute Gasteiger partial charge is 0.307 e. The average Bonchev–Trinajstić information content (AvgIpc) is 2.06. The van der Waals surface area contributed by atoms with Gasteiger partial charge in [0, 0.05) is 12.6 Å². The van der Waals surface area contributed by atoms with E-state index in [1.54, 1.807) is 0 Å². The lowest BCUT2D eigenvalue weighted by Crippen LogP contribution is -1.87. The van der Waals surface area contributed by atoms with Crippen molar-refractivity contribution in [2.75, 3.05) is 6.54 Å². The van der Waals surface area contributed by atoms with E-state index in [9.17, 15) is 0 Å². The predicted molar refractivity (Wildman–Crippen MR) is 26.6 cm³/mol. The molecule has 34 valence electrons. The maximum absolute atomic E-state index is 3.75. The van der Waals surface area contributed by atoms with Crippen LogP contribution in [0.15, 0.2) is 12.2 Å². The van der Waals surface area contributed by atoms with Crippen molar-refractivity contribution in [3.05, 3.63) is 12.2 Å². The maximum atomic E-state index is 3.75. The van der Waals surface area contributed by atoms with E-state index in [1.165, 1.54) is 5.57 Å². The summed E-state index contributed by atoms with van der Waals surface area (Å²) in [6.45, 7) is 6.95.